The molecule has 4 rings (SSSR count). The fourth-order valence-electron chi connectivity index (χ4n) is 4.82. The fourth-order valence-corrected chi connectivity index (χ4v) is 4.82. The quantitative estimate of drug-likeness (QED) is 0.562. The summed E-state index contributed by atoms with van der Waals surface area (Å²) in [4.78, 5) is 12.5. The summed E-state index contributed by atoms with van der Waals surface area (Å²) in [6.07, 6.45) is 3.92. The molecule has 0 unspecified atom stereocenters. The van der Waals surface area contributed by atoms with E-state index in [2.05, 4.69) is 26.8 Å². The van der Waals surface area contributed by atoms with Crippen molar-refractivity contribution in [3.05, 3.63) is 71.7 Å². The molecule has 4 nitrogen and oxygen atoms in total. The molecule has 1 aliphatic carbocycles. The zero-order valence-corrected chi connectivity index (χ0v) is 16.1. The lowest BCUT2D eigenvalue weighted by Crippen LogP contribution is -2.54. The van der Waals surface area contributed by atoms with Crippen LogP contribution in [0.4, 0.5) is 0 Å². The second-order valence-electron chi connectivity index (χ2n) is 7.94. The standard InChI is InChI=1S/C23H26O4/c1-15-12-16(2)23(14-27-22(24)18-8-5-4-6-9-18)13-26-21(20(15)17(23)3)19-10-7-11-25-19/h4-12,16-17,20-21H,13-14H2,1-3H3/t16-,17+,20-,21+,23+/m0/s1. The van der Waals surface area contributed by atoms with Crippen molar-refractivity contribution in [2.75, 3.05) is 13.2 Å². The predicted molar refractivity (Wildman–Crippen MR) is 102 cm³/mol. The van der Waals surface area contributed by atoms with Gasteiger partial charge in [-0.2, -0.15) is 0 Å². The van der Waals surface area contributed by atoms with Crippen molar-refractivity contribution in [1.82, 2.24) is 0 Å². The van der Waals surface area contributed by atoms with E-state index in [0.717, 1.165) is 5.76 Å². The van der Waals surface area contributed by atoms with Crippen LogP contribution in [0.2, 0.25) is 0 Å². The summed E-state index contributed by atoms with van der Waals surface area (Å²) >= 11 is 0. The topological polar surface area (TPSA) is 48.7 Å². The second kappa shape index (κ2) is 7.01. The Balaban J connectivity index is 1.58. The van der Waals surface area contributed by atoms with Crippen LogP contribution in [0.3, 0.4) is 0 Å². The van der Waals surface area contributed by atoms with Crippen LogP contribution in [-0.4, -0.2) is 19.2 Å². The van der Waals surface area contributed by atoms with Crippen molar-refractivity contribution in [3.8, 4) is 0 Å². The van der Waals surface area contributed by atoms with Crippen molar-refractivity contribution < 1.29 is 18.7 Å². The van der Waals surface area contributed by atoms with Gasteiger partial charge in [0.1, 0.15) is 18.5 Å². The van der Waals surface area contributed by atoms with Gasteiger partial charge in [-0.05, 0) is 43.0 Å². The first kappa shape index (κ1) is 18.1. The third kappa shape index (κ3) is 3.02. The Morgan fingerprint density at radius 1 is 1.19 bits per heavy atom. The third-order valence-electron chi connectivity index (χ3n) is 6.55. The van der Waals surface area contributed by atoms with Gasteiger partial charge in [-0.25, -0.2) is 4.79 Å². The summed E-state index contributed by atoms with van der Waals surface area (Å²) in [7, 11) is 0. The van der Waals surface area contributed by atoms with Crippen LogP contribution < -0.4 is 0 Å². The maximum atomic E-state index is 12.5. The van der Waals surface area contributed by atoms with Crippen LogP contribution in [-0.2, 0) is 9.47 Å². The van der Waals surface area contributed by atoms with Crippen molar-refractivity contribution >= 4 is 5.97 Å². The molecular formula is C23H26O4. The molecular weight excluding hydrogens is 340 g/mol. The molecule has 1 aromatic carbocycles. The van der Waals surface area contributed by atoms with Crippen LogP contribution in [0.5, 0.6) is 0 Å². The van der Waals surface area contributed by atoms with Gasteiger partial charge in [-0.15, -0.1) is 0 Å². The monoisotopic (exact) mass is 366 g/mol. The van der Waals surface area contributed by atoms with Crippen LogP contribution in [0.15, 0.2) is 64.8 Å². The largest absolute Gasteiger partial charge is 0.467 e. The Kier molecular flexibility index (Phi) is 4.68. The van der Waals surface area contributed by atoms with Crippen molar-refractivity contribution in [2.45, 2.75) is 26.9 Å². The van der Waals surface area contributed by atoms with Crippen LogP contribution in [0.25, 0.3) is 0 Å². The highest BCUT2D eigenvalue weighted by Gasteiger charge is 2.55. The van der Waals surface area contributed by atoms with E-state index in [4.69, 9.17) is 13.9 Å². The number of rotatable bonds is 4. The minimum atomic E-state index is -0.277. The van der Waals surface area contributed by atoms with Crippen molar-refractivity contribution in [3.63, 3.8) is 0 Å². The molecule has 142 valence electrons. The third-order valence-corrected chi connectivity index (χ3v) is 6.55. The average Bonchev–Trinajstić information content (AvgIpc) is 3.20. The molecule has 0 spiro atoms. The Labute approximate surface area is 160 Å². The van der Waals surface area contributed by atoms with E-state index in [-0.39, 0.29) is 29.3 Å². The molecule has 0 radical (unpaired) electrons. The summed E-state index contributed by atoms with van der Waals surface area (Å²) in [5.74, 6) is 1.38. The van der Waals surface area contributed by atoms with Gasteiger partial charge < -0.3 is 13.9 Å². The first-order chi connectivity index (χ1) is 13.0. The molecule has 0 amide bonds. The molecule has 5 atom stereocenters. The highest BCUT2D eigenvalue weighted by atomic mass is 16.5. The summed E-state index contributed by atoms with van der Waals surface area (Å²) in [6, 6.07) is 13.0. The van der Waals surface area contributed by atoms with Crippen molar-refractivity contribution in [1.29, 1.82) is 0 Å². The van der Waals surface area contributed by atoms with Crippen LogP contribution in [0.1, 0.15) is 43.0 Å². The van der Waals surface area contributed by atoms with Gasteiger partial charge >= 0.3 is 5.97 Å². The van der Waals surface area contributed by atoms with E-state index >= 15 is 0 Å². The van der Waals surface area contributed by atoms with Crippen LogP contribution in [0, 0.1) is 23.2 Å². The van der Waals surface area contributed by atoms with E-state index in [1.807, 2.05) is 30.3 Å². The Hall–Kier alpha value is -2.33. The highest BCUT2D eigenvalue weighted by Crippen LogP contribution is 2.56. The number of carbonyl (C=O) groups is 1. The Bertz CT molecular complexity index is 823. The minimum Gasteiger partial charge on any atom is -0.467 e. The maximum absolute atomic E-state index is 12.5. The summed E-state index contributed by atoms with van der Waals surface area (Å²) in [5.41, 5.74) is 1.68. The zero-order chi connectivity index (χ0) is 19.0. The number of esters is 1. The van der Waals surface area contributed by atoms with Gasteiger partial charge in [0, 0.05) is 11.3 Å². The maximum Gasteiger partial charge on any atom is 0.338 e. The lowest BCUT2D eigenvalue weighted by molar-refractivity contribution is -0.170. The number of ether oxygens (including phenoxy) is 2. The van der Waals surface area contributed by atoms with E-state index in [1.54, 1.807) is 18.4 Å². The number of hydrogen-bond donors (Lipinski definition) is 0. The van der Waals surface area contributed by atoms with E-state index in [1.165, 1.54) is 5.57 Å². The van der Waals surface area contributed by atoms with E-state index in [0.29, 0.717) is 24.7 Å². The van der Waals surface area contributed by atoms with E-state index < -0.39 is 0 Å². The minimum absolute atomic E-state index is 0.0864. The first-order valence-corrected chi connectivity index (χ1v) is 9.58. The average molecular weight is 366 g/mol. The lowest BCUT2D eigenvalue weighted by atomic mass is 9.56. The summed E-state index contributed by atoms with van der Waals surface area (Å²) in [5, 5.41) is 0. The smallest absolute Gasteiger partial charge is 0.338 e. The van der Waals surface area contributed by atoms with Gasteiger partial charge in [-0.3, -0.25) is 0 Å². The highest BCUT2D eigenvalue weighted by molar-refractivity contribution is 5.89. The zero-order valence-electron chi connectivity index (χ0n) is 16.1. The van der Waals surface area contributed by atoms with Gasteiger partial charge in [0.2, 0.25) is 0 Å². The molecule has 0 saturated carbocycles. The number of hydrogen-bond acceptors (Lipinski definition) is 4. The van der Waals surface area contributed by atoms with Crippen molar-refractivity contribution in [2.24, 2.45) is 23.2 Å². The molecule has 27 heavy (non-hydrogen) atoms. The van der Waals surface area contributed by atoms with Gasteiger partial charge in [0.05, 0.1) is 18.4 Å². The van der Waals surface area contributed by atoms with Gasteiger partial charge in [0.15, 0.2) is 0 Å². The molecule has 1 aliphatic heterocycles. The van der Waals surface area contributed by atoms with Gasteiger partial charge in [-0.1, -0.05) is 43.7 Å². The number of allylic oxidation sites excluding steroid dienone is 1. The van der Waals surface area contributed by atoms with E-state index in [9.17, 15) is 4.79 Å². The number of fused-ring (bicyclic) bond motifs is 2. The predicted octanol–water partition coefficient (Wildman–Crippen LogP) is 5.04. The second-order valence-corrected chi connectivity index (χ2v) is 7.94. The van der Waals surface area contributed by atoms with Crippen LogP contribution >= 0.6 is 0 Å². The number of furan rings is 1. The number of carbonyl (C=O) groups excluding carboxylic acids is 1. The molecule has 2 aliphatic rings. The Morgan fingerprint density at radius 2 is 1.96 bits per heavy atom. The summed E-state index contributed by atoms with van der Waals surface area (Å²) in [6.45, 7) is 7.52. The molecule has 4 heteroatoms. The van der Waals surface area contributed by atoms with Gasteiger partial charge in [0.25, 0.3) is 0 Å². The molecule has 0 N–H and O–H groups in total. The fraction of sp³-hybridized carbons (Fsp3) is 0.435. The molecule has 1 fully saturated rings. The molecule has 1 aromatic heterocycles. The SMILES string of the molecule is CC1=C[C@H](C)[C@]2(COC(=O)c3ccccc3)CO[C@H](c3ccco3)[C@@H]1[C@H]2C. The first-order valence-electron chi connectivity index (χ1n) is 9.58. The molecule has 1 saturated heterocycles. The molecule has 2 bridgehead atoms. The molecule has 2 aromatic rings. The number of benzene rings is 1. The normalized spacial score (nSPS) is 32.6. The lowest BCUT2D eigenvalue weighted by Gasteiger charge is -2.54. The summed E-state index contributed by atoms with van der Waals surface area (Å²) < 4.78 is 17.7. The molecule has 2 heterocycles. The Morgan fingerprint density at radius 3 is 2.67 bits per heavy atom.